The molecule has 3 N–H and O–H groups in total. The quantitative estimate of drug-likeness (QED) is 0.778. The fraction of sp³-hybridized carbons (Fsp3) is 0.467. The van der Waals surface area contributed by atoms with Crippen molar-refractivity contribution in [3.05, 3.63) is 34.9 Å². The van der Waals surface area contributed by atoms with Gasteiger partial charge in [-0.15, -0.1) is 12.4 Å². The molecule has 1 heterocycles. The van der Waals surface area contributed by atoms with E-state index in [1.54, 1.807) is 31.2 Å². The Bertz CT molecular complexity index is 502. The highest BCUT2D eigenvalue weighted by Crippen LogP contribution is 2.09. The van der Waals surface area contributed by atoms with E-state index in [9.17, 15) is 9.59 Å². The van der Waals surface area contributed by atoms with Crippen molar-refractivity contribution in [1.82, 2.24) is 16.0 Å². The molecule has 1 saturated heterocycles. The van der Waals surface area contributed by atoms with Crippen molar-refractivity contribution >= 4 is 35.8 Å². The van der Waals surface area contributed by atoms with Crippen LogP contribution in [0.15, 0.2) is 24.3 Å². The molecule has 5 nitrogen and oxygen atoms in total. The second kappa shape index (κ2) is 8.98. The van der Waals surface area contributed by atoms with Gasteiger partial charge in [0, 0.05) is 23.2 Å². The number of benzene rings is 1. The topological polar surface area (TPSA) is 70.2 Å². The number of hydrogen-bond donors (Lipinski definition) is 3. The molecule has 122 valence electrons. The number of piperidine rings is 1. The molecule has 0 bridgehead atoms. The first-order valence-corrected chi connectivity index (χ1v) is 7.51. The smallest absolute Gasteiger partial charge is 0.251 e. The summed E-state index contributed by atoms with van der Waals surface area (Å²) in [5, 5.41) is 9.45. The second-order valence-electron chi connectivity index (χ2n) is 5.25. The number of hydrogen-bond acceptors (Lipinski definition) is 3. The molecule has 0 aliphatic carbocycles. The zero-order chi connectivity index (χ0) is 15.2. The van der Waals surface area contributed by atoms with Gasteiger partial charge in [0.1, 0.15) is 6.04 Å². The van der Waals surface area contributed by atoms with Crippen LogP contribution in [0.5, 0.6) is 0 Å². The molecule has 2 unspecified atom stereocenters. The highest BCUT2D eigenvalue weighted by atomic mass is 35.5. The first kappa shape index (κ1) is 18.7. The van der Waals surface area contributed by atoms with Crippen molar-refractivity contribution in [2.75, 3.05) is 13.1 Å². The van der Waals surface area contributed by atoms with Gasteiger partial charge >= 0.3 is 0 Å². The number of carbonyl (C=O) groups is 2. The fourth-order valence-corrected chi connectivity index (χ4v) is 2.37. The summed E-state index contributed by atoms with van der Waals surface area (Å²) in [4.78, 5) is 24.1. The first-order chi connectivity index (χ1) is 10.1. The number of rotatable bonds is 4. The summed E-state index contributed by atoms with van der Waals surface area (Å²) in [6.45, 7) is 3.46. The molecule has 7 heteroatoms. The Labute approximate surface area is 141 Å². The summed E-state index contributed by atoms with van der Waals surface area (Å²) in [5.74, 6) is -0.443. The lowest BCUT2D eigenvalue weighted by Crippen LogP contribution is -2.52. The molecule has 2 amide bonds. The number of amides is 2. The first-order valence-electron chi connectivity index (χ1n) is 7.14. The Hall–Kier alpha value is -1.30. The van der Waals surface area contributed by atoms with Crippen LogP contribution in [0, 0.1) is 0 Å². The number of halogens is 2. The van der Waals surface area contributed by atoms with Gasteiger partial charge in [0.05, 0.1) is 0 Å². The zero-order valence-corrected chi connectivity index (χ0v) is 14.0. The third-order valence-electron chi connectivity index (χ3n) is 3.49. The van der Waals surface area contributed by atoms with Crippen LogP contribution in [0.2, 0.25) is 5.02 Å². The van der Waals surface area contributed by atoms with Crippen LogP contribution in [0.1, 0.15) is 30.1 Å². The minimum Gasteiger partial charge on any atom is -0.350 e. The van der Waals surface area contributed by atoms with Crippen molar-refractivity contribution in [3.63, 3.8) is 0 Å². The molecule has 22 heavy (non-hydrogen) atoms. The van der Waals surface area contributed by atoms with E-state index in [-0.39, 0.29) is 30.3 Å². The van der Waals surface area contributed by atoms with E-state index in [0.717, 1.165) is 25.9 Å². The van der Waals surface area contributed by atoms with Crippen LogP contribution < -0.4 is 16.0 Å². The normalized spacial score (nSPS) is 18.7. The van der Waals surface area contributed by atoms with Gasteiger partial charge < -0.3 is 16.0 Å². The Morgan fingerprint density at radius 2 is 2.00 bits per heavy atom. The van der Waals surface area contributed by atoms with E-state index >= 15 is 0 Å². The summed E-state index contributed by atoms with van der Waals surface area (Å²) in [6.07, 6.45) is 2.02. The van der Waals surface area contributed by atoms with Gasteiger partial charge in [-0.2, -0.15) is 0 Å². The number of nitrogens with one attached hydrogen (secondary N) is 3. The SMILES string of the molecule is CC(NC(=O)c1ccc(Cl)cc1)C(=O)NC1CCCNC1.Cl. The van der Waals surface area contributed by atoms with Crippen molar-refractivity contribution in [2.24, 2.45) is 0 Å². The van der Waals surface area contributed by atoms with E-state index in [1.807, 2.05) is 0 Å². The predicted octanol–water partition coefficient (Wildman–Crippen LogP) is 1.75. The van der Waals surface area contributed by atoms with Crippen molar-refractivity contribution in [2.45, 2.75) is 31.8 Å². The largest absolute Gasteiger partial charge is 0.350 e. The number of carbonyl (C=O) groups excluding carboxylic acids is 2. The van der Waals surface area contributed by atoms with E-state index in [2.05, 4.69) is 16.0 Å². The van der Waals surface area contributed by atoms with Gasteiger partial charge in [0.2, 0.25) is 5.91 Å². The Kier molecular flexibility index (Phi) is 7.65. The summed E-state index contributed by atoms with van der Waals surface area (Å²) in [5.41, 5.74) is 0.485. The maximum Gasteiger partial charge on any atom is 0.251 e. The molecule has 1 aliphatic rings. The minimum atomic E-state index is -0.574. The minimum absolute atomic E-state index is 0. The standard InChI is InChI=1S/C15H20ClN3O2.ClH/c1-10(14(20)19-13-3-2-8-17-9-13)18-15(21)11-4-6-12(16)7-5-11;/h4-7,10,13,17H,2-3,8-9H2,1H3,(H,18,21)(H,19,20);1H. The van der Waals surface area contributed by atoms with Crippen LogP contribution in [0.25, 0.3) is 0 Å². The van der Waals surface area contributed by atoms with Crippen LogP contribution in [0.3, 0.4) is 0 Å². The lowest BCUT2D eigenvalue weighted by molar-refractivity contribution is -0.123. The molecule has 1 aromatic carbocycles. The van der Waals surface area contributed by atoms with Gasteiger partial charge in [-0.3, -0.25) is 9.59 Å². The average Bonchev–Trinajstić information content (AvgIpc) is 2.48. The highest BCUT2D eigenvalue weighted by molar-refractivity contribution is 6.30. The molecule has 0 spiro atoms. The molecule has 2 atom stereocenters. The molecule has 1 aromatic rings. The molecule has 0 aromatic heterocycles. The lowest BCUT2D eigenvalue weighted by Gasteiger charge is -2.25. The molecule has 1 aliphatic heterocycles. The van der Waals surface area contributed by atoms with Crippen LogP contribution >= 0.6 is 24.0 Å². The lowest BCUT2D eigenvalue weighted by atomic mass is 10.1. The maximum absolute atomic E-state index is 12.1. The summed E-state index contributed by atoms with van der Waals surface area (Å²) >= 11 is 5.78. The zero-order valence-electron chi connectivity index (χ0n) is 12.4. The summed E-state index contributed by atoms with van der Waals surface area (Å²) in [6, 6.07) is 6.13. The van der Waals surface area contributed by atoms with Gasteiger partial charge in [-0.25, -0.2) is 0 Å². The molecule has 1 fully saturated rings. The molecular formula is C15H21Cl2N3O2. The monoisotopic (exact) mass is 345 g/mol. The van der Waals surface area contributed by atoms with Crippen molar-refractivity contribution in [1.29, 1.82) is 0 Å². The maximum atomic E-state index is 12.1. The van der Waals surface area contributed by atoms with E-state index in [0.29, 0.717) is 10.6 Å². The van der Waals surface area contributed by atoms with Crippen LogP contribution in [0.4, 0.5) is 0 Å². The van der Waals surface area contributed by atoms with Crippen molar-refractivity contribution < 1.29 is 9.59 Å². The van der Waals surface area contributed by atoms with Gasteiger partial charge in [-0.05, 0) is 50.6 Å². The van der Waals surface area contributed by atoms with Crippen LogP contribution in [-0.4, -0.2) is 37.0 Å². The Balaban J connectivity index is 0.00000242. The van der Waals surface area contributed by atoms with E-state index in [1.165, 1.54) is 0 Å². The van der Waals surface area contributed by atoms with Gasteiger partial charge in [0.15, 0.2) is 0 Å². The molecule has 0 saturated carbocycles. The van der Waals surface area contributed by atoms with E-state index in [4.69, 9.17) is 11.6 Å². The predicted molar refractivity (Wildman–Crippen MR) is 89.7 cm³/mol. The Morgan fingerprint density at radius 1 is 1.32 bits per heavy atom. The molecule has 0 radical (unpaired) electrons. The average molecular weight is 346 g/mol. The fourth-order valence-electron chi connectivity index (χ4n) is 2.25. The highest BCUT2D eigenvalue weighted by Gasteiger charge is 2.21. The Morgan fingerprint density at radius 3 is 2.59 bits per heavy atom. The second-order valence-corrected chi connectivity index (χ2v) is 5.69. The van der Waals surface area contributed by atoms with Gasteiger partial charge in [-0.1, -0.05) is 11.6 Å². The van der Waals surface area contributed by atoms with E-state index < -0.39 is 6.04 Å². The van der Waals surface area contributed by atoms with Crippen LogP contribution in [-0.2, 0) is 4.79 Å². The molecule has 2 rings (SSSR count). The van der Waals surface area contributed by atoms with Gasteiger partial charge in [0.25, 0.3) is 5.91 Å². The van der Waals surface area contributed by atoms with Crippen molar-refractivity contribution in [3.8, 4) is 0 Å². The third kappa shape index (κ3) is 5.48. The summed E-state index contributed by atoms with van der Waals surface area (Å²) < 4.78 is 0. The molecular weight excluding hydrogens is 325 g/mol. The summed E-state index contributed by atoms with van der Waals surface area (Å²) in [7, 11) is 0. The third-order valence-corrected chi connectivity index (χ3v) is 3.74.